The van der Waals surface area contributed by atoms with Crippen LogP contribution in [0, 0.1) is 41.5 Å². The number of aryl methyl sites for hydroxylation is 6. The van der Waals surface area contributed by atoms with Crippen molar-refractivity contribution in [3.05, 3.63) is 58.2 Å². The van der Waals surface area contributed by atoms with Crippen LogP contribution in [0.2, 0.25) is 0 Å². The van der Waals surface area contributed by atoms with Crippen molar-refractivity contribution in [3.63, 3.8) is 0 Å². The normalized spacial score (nSPS) is 11.0. The van der Waals surface area contributed by atoms with Gasteiger partial charge in [-0.15, -0.1) is 0 Å². The van der Waals surface area contributed by atoms with Crippen LogP contribution in [0.15, 0.2) is 24.3 Å². The van der Waals surface area contributed by atoms with Gasteiger partial charge in [-0.3, -0.25) is 9.97 Å². The van der Waals surface area contributed by atoms with Gasteiger partial charge in [0.2, 0.25) is 0 Å². The zero-order valence-electron chi connectivity index (χ0n) is 16.0. The van der Waals surface area contributed by atoms with Crippen LogP contribution in [0.25, 0.3) is 0 Å². The average Bonchev–Trinajstić information content (AvgIpc) is 2.31. The van der Waals surface area contributed by atoms with E-state index in [2.05, 4.69) is 50.9 Å². The van der Waals surface area contributed by atoms with E-state index in [4.69, 9.17) is 8.32 Å². The van der Waals surface area contributed by atoms with E-state index < -0.39 is 27.2 Å². The maximum atomic E-state index is 9.53. The molecule has 0 aliphatic rings. The molecular weight excluding hydrogens is 436 g/mol. The van der Waals surface area contributed by atoms with Crippen LogP contribution in [0.3, 0.4) is 0 Å². The molecular formula is C16H24Cr2N2O7. The molecule has 2 aromatic rings. The average molecular weight is 460 g/mol. The van der Waals surface area contributed by atoms with Gasteiger partial charge in [-0.05, 0) is 76.9 Å². The van der Waals surface area contributed by atoms with Crippen LogP contribution in [-0.2, 0) is 45.3 Å². The van der Waals surface area contributed by atoms with Gasteiger partial charge in [0, 0.05) is 22.8 Å². The van der Waals surface area contributed by atoms with E-state index in [1.54, 1.807) is 0 Å². The fraction of sp³-hybridized carbons (Fsp3) is 0.375. The summed E-state index contributed by atoms with van der Waals surface area (Å²) in [7, 11) is 0. The zero-order valence-corrected chi connectivity index (χ0v) is 18.5. The number of pyridine rings is 2. The molecule has 11 heteroatoms. The second-order valence-electron chi connectivity index (χ2n) is 5.78. The second kappa shape index (κ2) is 10.7. The first-order chi connectivity index (χ1) is 12.1. The molecule has 0 saturated heterocycles. The summed E-state index contributed by atoms with van der Waals surface area (Å²) in [5, 5.41) is 0. The summed E-state index contributed by atoms with van der Waals surface area (Å²) in [6.45, 7) is 12.2. The summed E-state index contributed by atoms with van der Waals surface area (Å²) in [5.74, 6) is 0. The Bertz CT molecular complexity index is 792. The van der Waals surface area contributed by atoms with Crippen LogP contribution in [0.4, 0.5) is 0 Å². The van der Waals surface area contributed by atoms with Gasteiger partial charge in [-0.2, -0.15) is 0 Å². The Hall–Kier alpha value is -1.56. The Morgan fingerprint density at radius 3 is 0.963 bits per heavy atom. The van der Waals surface area contributed by atoms with E-state index in [-0.39, 0.29) is 0 Å². The Balaban J connectivity index is 0.000000376. The molecule has 152 valence electrons. The summed E-state index contributed by atoms with van der Waals surface area (Å²) in [4.78, 5) is 8.47. The molecule has 0 fully saturated rings. The number of hydrogen-bond acceptors (Lipinski definition) is 7. The fourth-order valence-corrected chi connectivity index (χ4v) is 3.93. The molecule has 0 aliphatic heterocycles. The molecule has 0 bridgehead atoms. The maximum absolute atomic E-state index is 9.53. The molecule has 0 unspecified atom stereocenters. The summed E-state index contributed by atoms with van der Waals surface area (Å²) in [6, 6.07) is 8.31. The number of hydrogen-bond donors (Lipinski definition) is 2. The number of rotatable bonds is 2. The molecule has 9 nitrogen and oxygen atoms in total. The van der Waals surface area contributed by atoms with Crippen molar-refractivity contribution in [2.24, 2.45) is 0 Å². The molecule has 0 radical (unpaired) electrons. The SMILES string of the molecule is Cc1cc(C)nc(C)c1.Cc1cc(C)nc(C)c1.[O]=[Cr](=[O])([OH])[O][Cr](=[O])(=[O])[OH]. The zero-order chi connectivity index (χ0) is 21.4. The van der Waals surface area contributed by atoms with Crippen molar-refractivity contribution in [1.82, 2.24) is 9.97 Å². The molecule has 2 aromatic heterocycles. The minimum atomic E-state index is -5.76. The van der Waals surface area contributed by atoms with E-state index in [0.717, 1.165) is 22.8 Å². The second-order valence-corrected chi connectivity index (χ2v) is 9.54. The molecule has 0 aromatic carbocycles. The first-order valence-electron chi connectivity index (χ1n) is 7.57. The van der Waals surface area contributed by atoms with Gasteiger partial charge < -0.3 is 0 Å². The molecule has 0 saturated carbocycles. The van der Waals surface area contributed by atoms with Crippen LogP contribution >= 0.6 is 0 Å². The minimum absolute atomic E-state index is 1.10. The van der Waals surface area contributed by atoms with E-state index >= 15 is 0 Å². The van der Waals surface area contributed by atoms with E-state index in [0.29, 0.717) is 0 Å². The van der Waals surface area contributed by atoms with Crippen molar-refractivity contribution >= 4 is 0 Å². The van der Waals surface area contributed by atoms with Crippen LogP contribution in [0.1, 0.15) is 33.9 Å². The van der Waals surface area contributed by atoms with Crippen molar-refractivity contribution in [3.8, 4) is 0 Å². The van der Waals surface area contributed by atoms with E-state index in [1.807, 2.05) is 27.7 Å². The summed E-state index contributed by atoms with van der Waals surface area (Å²) in [6.07, 6.45) is 0. The molecule has 0 amide bonds. The van der Waals surface area contributed by atoms with Gasteiger partial charge >= 0.3 is 53.6 Å². The van der Waals surface area contributed by atoms with E-state index in [1.165, 1.54) is 11.1 Å². The van der Waals surface area contributed by atoms with Crippen molar-refractivity contribution in [2.75, 3.05) is 0 Å². The third kappa shape index (κ3) is 15.2. The first kappa shape index (κ1) is 25.4. The predicted octanol–water partition coefficient (Wildman–Crippen LogP) is 2.35. The van der Waals surface area contributed by atoms with Gasteiger partial charge in [-0.25, -0.2) is 0 Å². The fourth-order valence-electron chi connectivity index (χ4n) is 2.20. The van der Waals surface area contributed by atoms with Gasteiger partial charge in [0.25, 0.3) is 0 Å². The monoisotopic (exact) mass is 460 g/mol. The Kier molecular flexibility index (Phi) is 10.1. The van der Waals surface area contributed by atoms with Crippen molar-refractivity contribution < 1.29 is 53.6 Å². The van der Waals surface area contributed by atoms with Crippen molar-refractivity contribution in [2.45, 2.75) is 41.5 Å². The first-order valence-corrected chi connectivity index (χ1v) is 11.8. The molecule has 2 rings (SSSR count). The number of aromatic nitrogens is 2. The molecule has 0 spiro atoms. The van der Waals surface area contributed by atoms with Gasteiger partial charge in [0.05, 0.1) is 0 Å². The molecule has 27 heavy (non-hydrogen) atoms. The third-order valence-electron chi connectivity index (χ3n) is 2.62. The summed E-state index contributed by atoms with van der Waals surface area (Å²) < 4.78 is 56.3. The molecule has 2 N–H and O–H groups in total. The summed E-state index contributed by atoms with van der Waals surface area (Å²) in [5.41, 5.74) is 7.00. The third-order valence-corrected chi connectivity index (χ3v) is 5.38. The predicted molar refractivity (Wildman–Crippen MR) is 85.2 cm³/mol. The van der Waals surface area contributed by atoms with E-state index in [9.17, 15) is 15.2 Å². The topological polar surface area (TPSA) is 144 Å². The molecule has 2 heterocycles. The Labute approximate surface area is 163 Å². The summed E-state index contributed by atoms with van der Waals surface area (Å²) >= 11 is -11.5. The standard InChI is InChI=1S/2C8H11N.2Cr.2H2O.5O/c2*1-6-4-7(2)9-8(3)5-6;;;;;;;;;/h2*4-5H,1-3H3;;;2*1H2;;;;;/q;;2*+1;;;;;;;/p-2. The van der Waals surface area contributed by atoms with Crippen LogP contribution in [0.5, 0.6) is 0 Å². The Morgan fingerprint density at radius 1 is 0.630 bits per heavy atom. The van der Waals surface area contributed by atoms with Gasteiger partial charge in [-0.1, -0.05) is 0 Å². The van der Waals surface area contributed by atoms with Crippen molar-refractivity contribution in [1.29, 1.82) is 0 Å². The van der Waals surface area contributed by atoms with Gasteiger partial charge in [0.15, 0.2) is 0 Å². The van der Waals surface area contributed by atoms with Crippen LogP contribution < -0.4 is 0 Å². The van der Waals surface area contributed by atoms with Gasteiger partial charge in [0.1, 0.15) is 0 Å². The van der Waals surface area contributed by atoms with Crippen LogP contribution in [-0.4, -0.2) is 18.3 Å². The molecule has 0 atom stereocenters. The molecule has 0 aliphatic carbocycles. The number of nitrogens with zero attached hydrogens (tertiary/aromatic N) is 2. The Morgan fingerprint density at radius 2 is 0.852 bits per heavy atom. The quantitative estimate of drug-likeness (QED) is 0.690.